The molecule has 0 bridgehead atoms. The first kappa shape index (κ1) is 11.6. The predicted octanol–water partition coefficient (Wildman–Crippen LogP) is 1.99. The smallest absolute Gasteiger partial charge is 0.228 e. The van der Waals surface area contributed by atoms with Gasteiger partial charge in [0, 0.05) is 23.4 Å². The molecule has 0 aromatic heterocycles. The third-order valence-electron chi connectivity index (χ3n) is 2.84. The zero-order chi connectivity index (χ0) is 11.7. The second-order valence-electron chi connectivity index (χ2n) is 4.05. The van der Waals surface area contributed by atoms with E-state index in [0.717, 1.165) is 16.8 Å². The van der Waals surface area contributed by atoms with E-state index < -0.39 is 0 Å². The summed E-state index contributed by atoms with van der Waals surface area (Å²) in [5.74, 6) is 0.117. The van der Waals surface area contributed by atoms with Crippen LogP contribution in [-0.2, 0) is 11.4 Å². The molecule has 1 heterocycles. The van der Waals surface area contributed by atoms with E-state index in [0.29, 0.717) is 13.0 Å². The molecule has 2 rings (SSSR count). The number of alkyl halides is 1. The van der Waals surface area contributed by atoms with E-state index >= 15 is 0 Å². The van der Waals surface area contributed by atoms with Crippen LogP contribution in [0.3, 0.4) is 0 Å². The molecular formula is C12H14BrNO2. The molecular weight excluding hydrogens is 270 g/mol. The number of anilines is 1. The molecule has 1 fully saturated rings. The van der Waals surface area contributed by atoms with Crippen LogP contribution in [-0.4, -0.2) is 22.4 Å². The van der Waals surface area contributed by atoms with Crippen LogP contribution in [0.5, 0.6) is 0 Å². The lowest BCUT2D eigenvalue weighted by molar-refractivity contribution is -0.117. The number of rotatable bonds is 2. The fourth-order valence-electron chi connectivity index (χ4n) is 2.11. The van der Waals surface area contributed by atoms with Crippen LogP contribution >= 0.6 is 15.9 Å². The molecule has 1 aromatic carbocycles. The van der Waals surface area contributed by atoms with Crippen molar-refractivity contribution in [2.24, 2.45) is 0 Å². The Labute approximate surface area is 103 Å². The van der Waals surface area contributed by atoms with Crippen molar-refractivity contribution in [3.63, 3.8) is 0 Å². The Morgan fingerprint density at radius 3 is 2.88 bits per heavy atom. The van der Waals surface area contributed by atoms with Crippen molar-refractivity contribution in [2.75, 3.05) is 11.4 Å². The van der Waals surface area contributed by atoms with Gasteiger partial charge in [-0.15, -0.1) is 0 Å². The molecule has 0 aliphatic carbocycles. The highest BCUT2D eigenvalue weighted by molar-refractivity contribution is 9.09. The molecule has 4 heteroatoms. The second-order valence-corrected chi connectivity index (χ2v) is 5.34. The number of para-hydroxylation sites is 1. The van der Waals surface area contributed by atoms with Gasteiger partial charge in [-0.1, -0.05) is 34.1 Å². The number of carbonyl (C=O) groups excluding carboxylic acids is 1. The lowest BCUT2D eigenvalue weighted by Crippen LogP contribution is -2.26. The second kappa shape index (κ2) is 4.55. The van der Waals surface area contributed by atoms with Gasteiger partial charge in [0.25, 0.3) is 0 Å². The number of carbonyl (C=O) groups is 1. The SMILES string of the molecule is Cc1cccc(CO)c1N1CC(Br)CC1=O. The molecule has 1 aromatic rings. The lowest BCUT2D eigenvalue weighted by atomic mass is 10.1. The number of aryl methyl sites for hydroxylation is 1. The first-order chi connectivity index (χ1) is 7.63. The number of benzene rings is 1. The minimum Gasteiger partial charge on any atom is -0.392 e. The van der Waals surface area contributed by atoms with Crippen molar-refractivity contribution in [1.82, 2.24) is 0 Å². The van der Waals surface area contributed by atoms with Gasteiger partial charge in [-0.3, -0.25) is 4.79 Å². The van der Waals surface area contributed by atoms with Crippen LogP contribution in [0, 0.1) is 6.92 Å². The van der Waals surface area contributed by atoms with Gasteiger partial charge in [-0.2, -0.15) is 0 Å². The standard InChI is InChI=1S/C12H14BrNO2/c1-8-3-2-4-9(7-15)12(8)14-6-10(13)5-11(14)16/h2-4,10,15H,5-7H2,1H3. The topological polar surface area (TPSA) is 40.5 Å². The van der Waals surface area contributed by atoms with Gasteiger partial charge in [-0.25, -0.2) is 0 Å². The number of hydrogen-bond acceptors (Lipinski definition) is 2. The summed E-state index contributed by atoms with van der Waals surface area (Å²) >= 11 is 3.46. The Morgan fingerprint density at radius 2 is 2.31 bits per heavy atom. The number of aliphatic hydroxyl groups is 1. The van der Waals surface area contributed by atoms with E-state index in [1.54, 1.807) is 4.90 Å². The zero-order valence-electron chi connectivity index (χ0n) is 9.11. The minimum absolute atomic E-state index is 0.0340. The maximum absolute atomic E-state index is 11.8. The zero-order valence-corrected chi connectivity index (χ0v) is 10.7. The molecule has 1 aliphatic heterocycles. The van der Waals surface area contributed by atoms with Gasteiger partial charge in [0.15, 0.2) is 0 Å². The Bertz CT molecular complexity index is 419. The van der Waals surface area contributed by atoms with Gasteiger partial charge in [-0.05, 0) is 12.5 Å². The van der Waals surface area contributed by atoms with E-state index in [4.69, 9.17) is 0 Å². The number of nitrogens with zero attached hydrogens (tertiary/aromatic N) is 1. The average molecular weight is 284 g/mol. The van der Waals surface area contributed by atoms with E-state index in [9.17, 15) is 9.90 Å². The maximum atomic E-state index is 11.8. The van der Waals surface area contributed by atoms with Crippen LogP contribution in [0.1, 0.15) is 17.5 Å². The predicted molar refractivity (Wildman–Crippen MR) is 66.8 cm³/mol. The molecule has 0 saturated carbocycles. The van der Waals surface area contributed by atoms with Crippen molar-refractivity contribution in [3.8, 4) is 0 Å². The molecule has 1 unspecified atom stereocenters. The first-order valence-electron chi connectivity index (χ1n) is 5.27. The van der Waals surface area contributed by atoms with Gasteiger partial charge in [0.1, 0.15) is 0 Å². The monoisotopic (exact) mass is 283 g/mol. The van der Waals surface area contributed by atoms with Crippen LogP contribution in [0.4, 0.5) is 5.69 Å². The highest BCUT2D eigenvalue weighted by Crippen LogP contribution is 2.31. The number of hydrogen-bond donors (Lipinski definition) is 1. The highest BCUT2D eigenvalue weighted by atomic mass is 79.9. The molecule has 1 saturated heterocycles. The summed E-state index contributed by atoms with van der Waals surface area (Å²) in [6.07, 6.45) is 0.527. The van der Waals surface area contributed by atoms with Crippen molar-refractivity contribution in [3.05, 3.63) is 29.3 Å². The van der Waals surface area contributed by atoms with Gasteiger partial charge >= 0.3 is 0 Å². The normalized spacial score (nSPS) is 20.6. The summed E-state index contributed by atoms with van der Waals surface area (Å²) in [6.45, 7) is 2.60. The van der Waals surface area contributed by atoms with Gasteiger partial charge in [0.05, 0.1) is 12.3 Å². The average Bonchev–Trinajstić information content (AvgIpc) is 2.57. The Balaban J connectivity index is 2.43. The highest BCUT2D eigenvalue weighted by Gasteiger charge is 2.30. The molecule has 0 spiro atoms. The molecule has 3 nitrogen and oxygen atoms in total. The fraction of sp³-hybridized carbons (Fsp3) is 0.417. The van der Waals surface area contributed by atoms with Crippen molar-refractivity contribution in [2.45, 2.75) is 24.8 Å². The molecule has 1 N–H and O–H groups in total. The fourth-order valence-corrected chi connectivity index (χ4v) is 2.68. The van der Waals surface area contributed by atoms with Gasteiger partial charge in [0.2, 0.25) is 5.91 Å². The summed E-state index contributed by atoms with van der Waals surface area (Å²) in [6, 6.07) is 5.72. The van der Waals surface area contributed by atoms with Crippen molar-refractivity contribution in [1.29, 1.82) is 0 Å². The Hall–Kier alpha value is -0.870. The molecule has 1 aliphatic rings. The van der Waals surface area contributed by atoms with E-state index in [1.165, 1.54) is 0 Å². The minimum atomic E-state index is -0.0340. The third kappa shape index (κ3) is 1.99. The maximum Gasteiger partial charge on any atom is 0.228 e. The molecule has 0 radical (unpaired) electrons. The largest absolute Gasteiger partial charge is 0.392 e. The summed E-state index contributed by atoms with van der Waals surface area (Å²) in [4.78, 5) is 13.8. The van der Waals surface area contributed by atoms with Crippen molar-refractivity contribution >= 4 is 27.5 Å². The van der Waals surface area contributed by atoms with Crippen LogP contribution in [0.15, 0.2) is 18.2 Å². The van der Waals surface area contributed by atoms with Crippen molar-refractivity contribution < 1.29 is 9.90 Å². The summed E-state index contributed by atoms with van der Waals surface area (Å²) < 4.78 is 0. The number of amides is 1. The first-order valence-corrected chi connectivity index (χ1v) is 6.19. The number of halogens is 1. The molecule has 1 atom stereocenters. The van der Waals surface area contributed by atoms with Crippen LogP contribution < -0.4 is 4.90 Å². The summed E-state index contributed by atoms with van der Waals surface area (Å²) in [5.41, 5.74) is 2.72. The third-order valence-corrected chi connectivity index (χ3v) is 3.45. The molecule has 16 heavy (non-hydrogen) atoms. The molecule has 1 amide bonds. The van der Waals surface area contributed by atoms with Crippen LogP contribution in [0.25, 0.3) is 0 Å². The summed E-state index contributed by atoms with van der Waals surface area (Å²) in [7, 11) is 0. The lowest BCUT2D eigenvalue weighted by Gasteiger charge is -2.21. The number of aliphatic hydroxyl groups excluding tert-OH is 1. The quantitative estimate of drug-likeness (QED) is 0.844. The summed E-state index contributed by atoms with van der Waals surface area (Å²) in [5, 5.41) is 9.31. The Kier molecular flexibility index (Phi) is 3.30. The van der Waals surface area contributed by atoms with E-state index in [1.807, 2.05) is 25.1 Å². The van der Waals surface area contributed by atoms with E-state index in [-0.39, 0.29) is 17.3 Å². The van der Waals surface area contributed by atoms with E-state index in [2.05, 4.69) is 15.9 Å². The van der Waals surface area contributed by atoms with Crippen LogP contribution in [0.2, 0.25) is 0 Å². The molecule has 86 valence electrons. The van der Waals surface area contributed by atoms with Gasteiger partial charge < -0.3 is 10.0 Å². The Morgan fingerprint density at radius 1 is 1.56 bits per heavy atom.